The van der Waals surface area contributed by atoms with E-state index in [1.807, 2.05) is 6.07 Å². The minimum absolute atomic E-state index is 0.0857. The van der Waals surface area contributed by atoms with Crippen molar-refractivity contribution in [3.8, 4) is 0 Å². The molecular formula is C28H42ClIN2O7Si. The molecule has 12 heteroatoms. The Bertz CT molecular complexity index is 1160. The number of carbonyl (C=O) groups excluding carboxylic acids is 3. The number of benzene rings is 1. The molecule has 2 heterocycles. The van der Waals surface area contributed by atoms with Gasteiger partial charge in [0.15, 0.2) is 14.5 Å². The first-order valence-electron chi connectivity index (χ1n) is 13.7. The summed E-state index contributed by atoms with van der Waals surface area (Å²) in [6, 6.07) is 4.99. The van der Waals surface area contributed by atoms with Crippen LogP contribution in [0.3, 0.4) is 0 Å². The maximum atomic E-state index is 14.0. The van der Waals surface area contributed by atoms with Crippen LogP contribution in [0.25, 0.3) is 0 Å². The molecule has 3 rings (SSSR count). The third kappa shape index (κ3) is 6.12. The molecule has 2 aliphatic heterocycles. The first-order chi connectivity index (χ1) is 18.4. The monoisotopic (exact) mass is 708 g/mol. The van der Waals surface area contributed by atoms with Crippen molar-refractivity contribution in [3.05, 3.63) is 26.3 Å². The number of amides is 2. The largest absolute Gasteiger partial charge is 0.467 e. The predicted octanol–water partition coefficient (Wildman–Crippen LogP) is 7.43. The molecule has 0 aromatic heterocycles. The van der Waals surface area contributed by atoms with Gasteiger partial charge < -0.3 is 18.6 Å². The van der Waals surface area contributed by atoms with E-state index in [4.69, 9.17) is 30.2 Å². The third-order valence-corrected chi connectivity index (χ3v) is 13.7. The number of hydrogen-bond acceptors (Lipinski definition) is 7. The van der Waals surface area contributed by atoms with E-state index in [1.165, 1.54) is 16.9 Å². The fraction of sp³-hybridized carbons (Fsp3) is 0.679. The molecule has 0 bridgehead atoms. The van der Waals surface area contributed by atoms with Gasteiger partial charge in [-0.3, -0.25) is 9.80 Å². The lowest BCUT2D eigenvalue weighted by molar-refractivity contribution is -0.146. The van der Waals surface area contributed by atoms with E-state index in [1.54, 1.807) is 47.6 Å². The number of fused-ring (bicyclic) bond motifs is 3. The number of halogens is 2. The molecule has 1 fully saturated rings. The molecule has 3 atom stereocenters. The van der Waals surface area contributed by atoms with Gasteiger partial charge in [-0.15, -0.1) is 0 Å². The highest BCUT2D eigenvalue weighted by Crippen LogP contribution is 2.58. The predicted molar refractivity (Wildman–Crippen MR) is 165 cm³/mol. The summed E-state index contributed by atoms with van der Waals surface area (Å²) < 4.78 is 24.9. The van der Waals surface area contributed by atoms with Crippen LogP contribution in [0.15, 0.2) is 12.1 Å². The van der Waals surface area contributed by atoms with E-state index in [9.17, 15) is 14.4 Å². The van der Waals surface area contributed by atoms with Crippen molar-refractivity contribution in [2.45, 2.75) is 116 Å². The van der Waals surface area contributed by atoms with Gasteiger partial charge in [0.05, 0.1) is 17.8 Å². The Hall–Kier alpha value is -1.57. The van der Waals surface area contributed by atoms with E-state index >= 15 is 0 Å². The summed E-state index contributed by atoms with van der Waals surface area (Å²) in [7, 11) is -1.14. The lowest BCUT2D eigenvalue weighted by atomic mass is 9.91. The van der Waals surface area contributed by atoms with Crippen molar-refractivity contribution in [1.29, 1.82) is 0 Å². The van der Waals surface area contributed by atoms with Crippen molar-refractivity contribution >= 4 is 66.4 Å². The average Bonchev–Trinajstić information content (AvgIpc) is 3.29. The Morgan fingerprint density at radius 1 is 1.00 bits per heavy atom. The molecule has 9 nitrogen and oxygen atoms in total. The zero-order valence-corrected chi connectivity index (χ0v) is 29.1. The van der Waals surface area contributed by atoms with Crippen LogP contribution in [-0.2, 0) is 29.0 Å². The number of hydrogen-bond donors (Lipinski definition) is 0. The van der Waals surface area contributed by atoms with Crippen LogP contribution in [0.4, 0.5) is 15.3 Å². The van der Waals surface area contributed by atoms with Crippen LogP contribution >= 0.6 is 34.2 Å². The Morgan fingerprint density at radius 3 is 2.00 bits per heavy atom. The molecule has 0 spiro atoms. The Labute approximate surface area is 257 Å². The summed E-state index contributed by atoms with van der Waals surface area (Å²) in [5.41, 5.74) is -1.76. The van der Waals surface area contributed by atoms with Crippen LogP contribution in [0.5, 0.6) is 0 Å². The molecule has 0 N–H and O–H groups in total. The third-order valence-electron chi connectivity index (χ3n) is 7.51. The topological polar surface area (TPSA) is 94.6 Å². The molecule has 40 heavy (non-hydrogen) atoms. The van der Waals surface area contributed by atoms with Gasteiger partial charge in [0.1, 0.15) is 22.8 Å². The molecule has 0 saturated carbocycles. The van der Waals surface area contributed by atoms with E-state index < -0.39 is 55.5 Å². The second-order valence-corrected chi connectivity index (χ2v) is 18.6. The second-order valence-electron chi connectivity index (χ2n) is 12.4. The smallest absolute Gasteiger partial charge is 0.416 e. The minimum Gasteiger partial charge on any atom is -0.467 e. The number of nitrogens with zero attached hydrogens (tertiary/aromatic N) is 2. The van der Waals surface area contributed by atoms with Gasteiger partial charge in [-0.1, -0.05) is 32.4 Å². The second kappa shape index (κ2) is 11.6. The van der Waals surface area contributed by atoms with Crippen molar-refractivity contribution in [2.75, 3.05) is 12.0 Å². The molecule has 224 valence electrons. The summed E-state index contributed by atoms with van der Waals surface area (Å²) in [6.45, 7) is 16.9. The van der Waals surface area contributed by atoms with Gasteiger partial charge in [0.2, 0.25) is 0 Å². The molecule has 2 amide bonds. The Balaban J connectivity index is 2.41. The van der Waals surface area contributed by atoms with Crippen molar-refractivity contribution in [1.82, 2.24) is 4.90 Å². The summed E-state index contributed by atoms with van der Waals surface area (Å²) >= 11 is 8.75. The first kappa shape index (κ1) is 32.9. The van der Waals surface area contributed by atoms with Crippen molar-refractivity contribution < 1.29 is 33.0 Å². The van der Waals surface area contributed by atoms with Gasteiger partial charge in [-0.25, -0.2) is 14.4 Å². The van der Waals surface area contributed by atoms with Crippen LogP contribution in [0.1, 0.15) is 74.3 Å². The molecular weight excluding hydrogens is 667 g/mol. The van der Waals surface area contributed by atoms with E-state index in [2.05, 4.69) is 43.4 Å². The summed E-state index contributed by atoms with van der Waals surface area (Å²) in [4.78, 5) is 44.0. The quantitative estimate of drug-likeness (QED) is 0.131. The van der Waals surface area contributed by atoms with Gasteiger partial charge >= 0.3 is 18.2 Å². The number of rotatable bonds is 6. The van der Waals surface area contributed by atoms with Crippen LogP contribution in [-0.4, -0.2) is 61.9 Å². The Morgan fingerprint density at radius 2 is 1.52 bits per heavy atom. The van der Waals surface area contributed by atoms with E-state index in [0.717, 1.165) is 21.7 Å². The van der Waals surface area contributed by atoms with Crippen molar-refractivity contribution in [3.63, 3.8) is 0 Å². The summed E-state index contributed by atoms with van der Waals surface area (Å²) in [5, 5.41) is 0.446. The van der Waals surface area contributed by atoms with E-state index in [-0.39, 0.29) is 6.42 Å². The fourth-order valence-corrected chi connectivity index (χ4v) is 9.19. The normalized spacial score (nSPS) is 22.6. The number of carbonyl (C=O) groups is 3. The van der Waals surface area contributed by atoms with Gasteiger partial charge in [0.25, 0.3) is 0 Å². The molecule has 0 unspecified atom stereocenters. The standard InChI is InChI=1S/C28H42ClIN2O7Si/c1-11-40(12-2,13-3)39-28-16-21(22(33)36-10)32(25(35)38-27(7,8)9)23(28)31(24(34)37-26(4,5)6)20-15-18(29)19(30)14-17(20)28/h14-15,21,23H,11-13,16H2,1-10H3/t21-,23-,28+/m0/s1. The summed E-state index contributed by atoms with van der Waals surface area (Å²) in [6.07, 6.45) is -2.42. The van der Waals surface area contributed by atoms with Gasteiger partial charge in [-0.2, -0.15) is 0 Å². The lowest BCUT2D eigenvalue weighted by Gasteiger charge is -2.43. The molecule has 0 radical (unpaired) electrons. The van der Waals surface area contributed by atoms with Gasteiger partial charge in [-0.05, 0) is 94.4 Å². The molecule has 1 aromatic rings. The van der Waals surface area contributed by atoms with Gasteiger partial charge in [0, 0.05) is 15.6 Å². The zero-order chi connectivity index (χ0) is 30.4. The highest BCUT2D eigenvalue weighted by molar-refractivity contribution is 14.1. The maximum absolute atomic E-state index is 14.0. The number of likely N-dealkylation sites (tertiary alicyclic amines) is 1. The summed E-state index contributed by atoms with van der Waals surface area (Å²) in [5.74, 6) is -0.616. The van der Waals surface area contributed by atoms with Crippen LogP contribution in [0, 0.1) is 3.57 Å². The Kier molecular flexibility index (Phi) is 9.55. The lowest BCUT2D eigenvalue weighted by Crippen LogP contribution is -2.59. The number of methoxy groups -OCH3 is 1. The first-order valence-corrected chi connectivity index (χ1v) is 17.7. The highest BCUT2D eigenvalue weighted by atomic mass is 127. The SMILES string of the molecule is CC[Si](CC)(CC)O[C@@]12C[C@@H](C(=O)OC)N(C(=O)OC(C)(C)C)[C@@H]1N(C(=O)OC(C)(C)C)c1cc(Cl)c(I)cc12. The fourth-order valence-electron chi connectivity index (χ4n) is 5.56. The van der Waals surface area contributed by atoms with Crippen LogP contribution < -0.4 is 4.90 Å². The zero-order valence-electron chi connectivity index (χ0n) is 25.1. The average molecular weight is 709 g/mol. The molecule has 1 aromatic carbocycles. The minimum atomic E-state index is -2.42. The number of esters is 1. The highest BCUT2D eigenvalue weighted by Gasteiger charge is 2.68. The number of ether oxygens (including phenoxy) is 3. The van der Waals surface area contributed by atoms with Crippen molar-refractivity contribution in [2.24, 2.45) is 0 Å². The van der Waals surface area contributed by atoms with Crippen LogP contribution in [0.2, 0.25) is 23.2 Å². The number of anilines is 1. The van der Waals surface area contributed by atoms with E-state index in [0.29, 0.717) is 16.3 Å². The molecule has 0 aliphatic carbocycles. The molecule has 2 aliphatic rings. The molecule has 1 saturated heterocycles. The maximum Gasteiger partial charge on any atom is 0.416 e.